The quantitative estimate of drug-likeness (QED) is 0.755. The Bertz CT molecular complexity index is 423. The van der Waals surface area contributed by atoms with E-state index >= 15 is 0 Å². The Morgan fingerprint density at radius 3 is 2.72 bits per heavy atom. The first-order chi connectivity index (χ1) is 8.66. The van der Waals surface area contributed by atoms with Gasteiger partial charge in [0, 0.05) is 0 Å². The largest absolute Gasteiger partial charge is 0.493 e. The summed E-state index contributed by atoms with van der Waals surface area (Å²) in [5, 5.41) is 0. The van der Waals surface area contributed by atoms with Crippen LogP contribution in [-0.4, -0.2) is 12.4 Å². The van der Waals surface area contributed by atoms with E-state index < -0.39 is 5.82 Å². The molecule has 18 heavy (non-hydrogen) atoms. The van der Waals surface area contributed by atoms with Crippen LogP contribution in [0.2, 0.25) is 0 Å². The van der Waals surface area contributed by atoms with Crippen molar-refractivity contribution in [3.63, 3.8) is 0 Å². The van der Waals surface area contributed by atoms with E-state index in [0.29, 0.717) is 18.3 Å². The molecule has 0 aromatic heterocycles. The predicted octanol–water partition coefficient (Wildman–Crippen LogP) is 3.99. The van der Waals surface area contributed by atoms with Crippen molar-refractivity contribution in [1.29, 1.82) is 0 Å². The lowest BCUT2D eigenvalue weighted by molar-refractivity contribution is 0.101. The summed E-state index contributed by atoms with van der Waals surface area (Å²) in [6, 6.07) is 4.39. The molecule has 3 heteroatoms. The Labute approximate surface area is 107 Å². The monoisotopic (exact) mass is 250 g/mol. The van der Waals surface area contributed by atoms with Gasteiger partial charge in [0.2, 0.25) is 0 Å². The highest BCUT2D eigenvalue weighted by Crippen LogP contribution is 2.25. The molecule has 1 saturated carbocycles. The van der Waals surface area contributed by atoms with Crippen molar-refractivity contribution in [3.05, 3.63) is 29.6 Å². The third-order valence-electron chi connectivity index (χ3n) is 3.53. The second-order valence-electron chi connectivity index (χ2n) is 5.01. The number of ether oxygens (including phenoxy) is 1. The summed E-state index contributed by atoms with van der Waals surface area (Å²) >= 11 is 0. The molecule has 0 spiro atoms. The molecule has 0 aliphatic heterocycles. The fourth-order valence-electron chi connectivity index (χ4n) is 2.43. The fourth-order valence-corrected chi connectivity index (χ4v) is 2.43. The topological polar surface area (TPSA) is 26.3 Å². The molecule has 1 aliphatic rings. The van der Waals surface area contributed by atoms with Gasteiger partial charge in [-0.15, -0.1) is 0 Å². The van der Waals surface area contributed by atoms with E-state index in [1.54, 1.807) is 6.07 Å². The van der Waals surface area contributed by atoms with E-state index in [1.165, 1.54) is 51.2 Å². The zero-order valence-corrected chi connectivity index (χ0v) is 10.7. The molecule has 0 unspecified atom stereocenters. The number of halogens is 1. The van der Waals surface area contributed by atoms with Crippen molar-refractivity contribution in [2.75, 3.05) is 6.61 Å². The highest BCUT2D eigenvalue weighted by molar-refractivity contribution is 5.94. The van der Waals surface area contributed by atoms with E-state index in [1.807, 2.05) is 0 Å². The molecule has 0 N–H and O–H groups in total. The maximum Gasteiger partial charge on any atom is 0.162 e. The zero-order chi connectivity index (χ0) is 13.0. The van der Waals surface area contributed by atoms with Gasteiger partial charge in [0.15, 0.2) is 5.78 Å². The molecular weight excluding hydrogens is 231 g/mol. The Kier molecular flexibility index (Phi) is 4.34. The average molecular weight is 250 g/mol. The number of Topliss-reactive ketones (excluding diaryl/α,β-unsaturated/α-hetero) is 1. The molecule has 0 heterocycles. The van der Waals surface area contributed by atoms with Gasteiger partial charge in [-0.3, -0.25) is 4.79 Å². The summed E-state index contributed by atoms with van der Waals surface area (Å²) in [4.78, 5) is 11.2. The molecule has 0 radical (unpaired) electrons. The van der Waals surface area contributed by atoms with Crippen molar-refractivity contribution in [3.8, 4) is 5.75 Å². The third-order valence-corrected chi connectivity index (χ3v) is 3.53. The lowest BCUT2D eigenvalue weighted by atomic mass is 9.90. The van der Waals surface area contributed by atoms with Gasteiger partial charge in [0.05, 0.1) is 12.2 Å². The van der Waals surface area contributed by atoms with Crippen LogP contribution >= 0.6 is 0 Å². The first-order valence-corrected chi connectivity index (χ1v) is 6.60. The minimum Gasteiger partial charge on any atom is -0.493 e. The number of carbonyl (C=O) groups excluding carboxylic acids is 1. The zero-order valence-electron chi connectivity index (χ0n) is 10.7. The maximum atomic E-state index is 13.3. The van der Waals surface area contributed by atoms with Crippen molar-refractivity contribution in [2.24, 2.45) is 5.92 Å². The summed E-state index contributed by atoms with van der Waals surface area (Å²) in [5.41, 5.74) is 0.108. The van der Waals surface area contributed by atoms with E-state index in [0.717, 1.165) is 0 Å². The van der Waals surface area contributed by atoms with Gasteiger partial charge in [-0.25, -0.2) is 4.39 Å². The average Bonchev–Trinajstić information content (AvgIpc) is 2.38. The standard InChI is InChI=1S/C15H19FO2/c1-11(17)14-9-13(7-8-15(14)16)18-10-12-5-3-2-4-6-12/h7-9,12H,2-6,10H2,1H3. The molecular formula is C15H19FO2. The second-order valence-corrected chi connectivity index (χ2v) is 5.01. The van der Waals surface area contributed by atoms with Gasteiger partial charge in [-0.05, 0) is 43.9 Å². The molecule has 1 aliphatic carbocycles. The van der Waals surface area contributed by atoms with Crippen LogP contribution in [0.1, 0.15) is 49.4 Å². The van der Waals surface area contributed by atoms with Crippen LogP contribution in [0.15, 0.2) is 18.2 Å². The molecule has 1 aromatic rings. The normalized spacial score (nSPS) is 16.6. The minimum absolute atomic E-state index is 0.108. The molecule has 0 atom stereocenters. The SMILES string of the molecule is CC(=O)c1cc(OCC2CCCCC2)ccc1F. The lowest BCUT2D eigenvalue weighted by Crippen LogP contribution is -2.15. The van der Waals surface area contributed by atoms with Crippen molar-refractivity contribution >= 4 is 5.78 Å². The Morgan fingerprint density at radius 1 is 1.33 bits per heavy atom. The van der Waals surface area contributed by atoms with Crippen LogP contribution in [0.25, 0.3) is 0 Å². The van der Waals surface area contributed by atoms with Gasteiger partial charge in [0.1, 0.15) is 11.6 Å². The van der Waals surface area contributed by atoms with Crippen molar-refractivity contribution in [2.45, 2.75) is 39.0 Å². The Morgan fingerprint density at radius 2 is 2.06 bits per heavy atom. The molecule has 2 nitrogen and oxygen atoms in total. The highest BCUT2D eigenvalue weighted by Gasteiger charge is 2.15. The van der Waals surface area contributed by atoms with Crippen molar-refractivity contribution < 1.29 is 13.9 Å². The first-order valence-electron chi connectivity index (χ1n) is 6.60. The Hall–Kier alpha value is -1.38. The molecule has 1 fully saturated rings. The van der Waals surface area contributed by atoms with E-state index in [-0.39, 0.29) is 11.3 Å². The van der Waals surface area contributed by atoms with Gasteiger partial charge in [-0.1, -0.05) is 19.3 Å². The molecule has 2 rings (SSSR count). The van der Waals surface area contributed by atoms with Crippen LogP contribution in [-0.2, 0) is 0 Å². The van der Waals surface area contributed by atoms with E-state index in [4.69, 9.17) is 4.74 Å². The van der Waals surface area contributed by atoms with Gasteiger partial charge >= 0.3 is 0 Å². The fraction of sp³-hybridized carbons (Fsp3) is 0.533. The number of carbonyl (C=O) groups is 1. The maximum absolute atomic E-state index is 13.3. The first kappa shape index (κ1) is 13.1. The number of hydrogen-bond acceptors (Lipinski definition) is 2. The second kappa shape index (κ2) is 5.98. The number of ketones is 1. The van der Waals surface area contributed by atoms with Crippen molar-refractivity contribution in [1.82, 2.24) is 0 Å². The Balaban J connectivity index is 1.96. The third kappa shape index (κ3) is 3.31. The van der Waals surface area contributed by atoms with Crippen LogP contribution in [0.4, 0.5) is 4.39 Å². The van der Waals surface area contributed by atoms with Gasteiger partial charge < -0.3 is 4.74 Å². The molecule has 0 amide bonds. The van der Waals surface area contributed by atoms with E-state index in [2.05, 4.69) is 0 Å². The minimum atomic E-state index is -0.479. The van der Waals surface area contributed by atoms with Gasteiger partial charge in [-0.2, -0.15) is 0 Å². The van der Waals surface area contributed by atoms with Gasteiger partial charge in [0.25, 0.3) is 0 Å². The molecule has 1 aromatic carbocycles. The van der Waals surface area contributed by atoms with Crippen LogP contribution in [0.3, 0.4) is 0 Å². The highest BCUT2D eigenvalue weighted by atomic mass is 19.1. The molecule has 0 saturated heterocycles. The molecule has 98 valence electrons. The summed E-state index contributed by atoms with van der Waals surface area (Å²) in [7, 11) is 0. The summed E-state index contributed by atoms with van der Waals surface area (Å²) in [6.45, 7) is 2.03. The van der Waals surface area contributed by atoms with Crippen LogP contribution < -0.4 is 4.74 Å². The summed E-state index contributed by atoms with van der Waals surface area (Å²) < 4.78 is 19.0. The predicted molar refractivity (Wildman–Crippen MR) is 68.5 cm³/mol. The van der Waals surface area contributed by atoms with E-state index in [9.17, 15) is 9.18 Å². The lowest BCUT2D eigenvalue weighted by Gasteiger charge is -2.21. The van der Waals surface area contributed by atoms with Crippen LogP contribution in [0, 0.1) is 11.7 Å². The smallest absolute Gasteiger partial charge is 0.162 e. The summed E-state index contributed by atoms with van der Waals surface area (Å²) in [5.74, 6) is 0.444. The summed E-state index contributed by atoms with van der Waals surface area (Å²) in [6.07, 6.45) is 6.29. The number of hydrogen-bond donors (Lipinski definition) is 0. The molecule has 0 bridgehead atoms. The van der Waals surface area contributed by atoms with Crippen LogP contribution in [0.5, 0.6) is 5.75 Å². The number of benzene rings is 1. The number of rotatable bonds is 4.